The normalized spacial score (nSPS) is 11.5. The lowest BCUT2D eigenvalue weighted by atomic mass is 10.1. The molecule has 0 aromatic carbocycles. The first-order valence-corrected chi connectivity index (χ1v) is 5.08. The second-order valence-corrected chi connectivity index (χ2v) is 3.21. The molecule has 0 N–H and O–H groups in total. The van der Waals surface area contributed by atoms with Crippen LogP contribution in [0.1, 0.15) is 52.1 Å². The number of hydrogen-bond donors (Lipinski definition) is 0. The van der Waals surface area contributed by atoms with Crippen LogP contribution in [0.5, 0.6) is 0 Å². The van der Waals surface area contributed by atoms with Crippen LogP contribution in [-0.2, 0) is 0 Å². The predicted octanol–water partition coefficient (Wildman–Crippen LogP) is 3.12. The molecule has 1 rings (SSSR count). The minimum absolute atomic E-state index is 0.169. The maximum absolute atomic E-state index is 8.63. The van der Waals surface area contributed by atoms with E-state index in [-0.39, 0.29) is 6.04 Å². The Bertz CT molecular complexity index is 294. The van der Waals surface area contributed by atoms with Gasteiger partial charge < -0.3 is 0 Å². The van der Waals surface area contributed by atoms with Gasteiger partial charge in [0.05, 0.1) is 12.3 Å². The van der Waals surface area contributed by atoms with Crippen LogP contribution < -0.4 is 0 Å². The third kappa shape index (κ3) is 3.21. The highest BCUT2D eigenvalue weighted by molar-refractivity contribution is 5.10. The summed E-state index contributed by atoms with van der Waals surface area (Å²) in [5.74, 6) is 0.477. The van der Waals surface area contributed by atoms with E-state index in [4.69, 9.17) is 5.26 Å². The zero-order valence-corrected chi connectivity index (χ0v) is 9.65. The summed E-state index contributed by atoms with van der Waals surface area (Å²) in [5, 5.41) is 12.7. The van der Waals surface area contributed by atoms with Gasteiger partial charge in [0.1, 0.15) is 6.04 Å². The van der Waals surface area contributed by atoms with Crippen molar-refractivity contribution in [1.82, 2.24) is 9.78 Å². The van der Waals surface area contributed by atoms with E-state index in [1.807, 2.05) is 33.2 Å². The van der Waals surface area contributed by atoms with Crippen LogP contribution in [0.4, 0.5) is 0 Å². The fourth-order valence-corrected chi connectivity index (χ4v) is 0.922. The summed E-state index contributed by atoms with van der Waals surface area (Å²) in [5.41, 5.74) is 1.18. The van der Waals surface area contributed by atoms with Gasteiger partial charge in [-0.2, -0.15) is 10.4 Å². The highest BCUT2D eigenvalue weighted by Crippen LogP contribution is 2.14. The molecule has 0 aliphatic carbocycles. The second-order valence-electron chi connectivity index (χ2n) is 3.21. The van der Waals surface area contributed by atoms with Crippen molar-refractivity contribution in [2.75, 3.05) is 0 Å². The largest absolute Gasteiger partial charge is 0.255 e. The van der Waals surface area contributed by atoms with Crippen molar-refractivity contribution >= 4 is 0 Å². The molecule has 0 bridgehead atoms. The van der Waals surface area contributed by atoms with Crippen molar-refractivity contribution < 1.29 is 0 Å². The van der Waals surface area contributed by atoms with E-state index in [9.17, 15) is 0 Å². The molecular formula is C11H19N3. The summed E-state index contributed by atoms with van der Waals surface area (Å²) >= 11 is 0. The quantitative estimate of drug-likeness (QED) is 0.724. The van der Waals surface area contributed by atoms with Gasteiger partial charge in [0.25, 0.3) is 0 Å². The second kappa shape index (κ2) is 6.20. The van der Waals surface area contributed by atoms with E-state index in [1.165, 1.54) is 5.56 Å². The molecule has 3 nitrogen and oxygen atoms in total. The van der Waals surface area contributed by atoms with Gasteiger partial charge in [0.15, 0.2) is 0 Å². The van der Waals surface area contributed by atoms with E-state index >= 15 is 0 Å². The van der Waals surface area contributed by atoms with Crippen LogP contribution in [0, 0.1) is 11.3 Å². The van der Waals surface area contributed by atoms with Gasteiger partial charge in [0.2, 0.25) is 0 Å². The first-order valence-electron chi connectivity index (χ1n) is 5.08. The van der Waals surface area contributed by atoms with Gasteiger partial charge in [-0.3, -0.25) is 4.68 Å². The molecule has 3 heteroatoms. The molecule has 78 valence electrons. The molecular weight excluding hydrogens is 174 g/mol. The summed E-state index contributed by atoms with van der Waals surface area (Å²) in [7, 11) is 0. The average Bonchev–Trinajstić information content (AvgIpc) is 2.68. The van der Waals surface area contributed by atoms with Crippen LogP contribution >= 0.6 is 0 Å². The van der Waals surface area contributed by atoms with E-state index in [2.05, 4.69) is 25.0 Å². The minimum Gasteiger partial charge on any atom is -0.255 e. The zero-order chi connectivity index (χ0) is 11.1. The van der Waals surface area contributed by atoms with E-state index in [0.29, 0.717) is 5.92 Å². The van der Waals surface area contributed by atoms with Gasteiger partial charge in [-0.15, -0.1) is 0 Å². The molecule has 0 amide bonds. The molecule has 0 spiro atoms. The van der Waals surface area contributed by atoms with Gasteiger partial charge >= 0.3 is 0 Å². The number of nitriles is 1. The van der Waals surface area contributed by atoms with Crippen molar-refractivity contribution in [3.8, 4) is 6.07 Å². The Kier molecular flexibility index (Phi) is 5.62. The van der Waals surface area contributed by atoms with E-state index in [1.54, 1.807) is 4.68 Å². The average molecular weight is 193 g/mol. The van der Waals surface area contributed by atoms with Crippen LogP contribution in [0.2, 0.25) is 0 Å². The van der Waals surface area contributed by atoms with E-state index < -0.39 is 0 Å². The summed E-state index contributed by atoms with van der Waals surface area (Å²) in [6, 6.07) is 1.96. The molecule has 1 atom stereocenters. The van der Waals surface area contributed by atoms with E-state index in [0.717, 1.165) is 0 Å². The van der Waals surface area contributed by atoms with Gasteiger partial charge in [-0.1, -0.05) is 27.7 Å². The molecule has 1 aromatic rings. The molecule has 0 fully saturated rings. The van der Waals surface area contributed by atoms with Crippen molar-refractivity contribution in [3.63, 3.8) is 0 Å². The third-order valence-corrected chi connectivity index (χ3v) is 1.87. The molecule has 1 unspecified atom stereocenters. The fourth-order valence-electron chi connectivity index (χ4n) is 0.922. The van der Waals surface area contributed by atoms with Crippen molar-refractivity contribution in [2.24, 2.45) is 0 Å². The fraction of sp³-hybridized carbons (Fsp3) is 0.636. The maximum atomic E-state index is 8.63. The van der Waals surface area contributed by atoms with Crippen LogP contribution in [0.3, 0.4) is 0 Å². The highest BCUT2D eigenvalue weighted by atomic mass is 15.3. The number of rotatable bonds is 2. The molecule has 0 saturated carbocycles. The van der Waals surface area contributed by atoms with Gasteiger partial charge in [0, 0.05) is 6.20 Å². The maximum Gasteiger partial charge on any atom is 0.135 e. The summed E-state index contributed by atoms with van der Waals surface area (Å²) < 4.78 is 1.69. The van der Waals surface area contributed by atoms with Crippen LogP contribution in [-0.4, -0.2) is 9.78 Å². The molecule has 14 heavy (non-hydrogen) atoms. The number of nitrogens with zero attached hydrogens (tertiary/aromatic N) is 3. The number of aromatic nitrogens is 2. The van der Waals surface area contributed by atoms with Crippen LogP contribution in [0.15, 0.2) is 12.4 Å². The summed E-state index contributed by atoms with van der Waals surface area (Å²) in [4.78, 5) is 0. The molecule has 0 radical (unpaired) electrons. The standard InChI is InChI=1S/C9H13N3.C2H6/c1-7(2)9-5-11-12(6-9)8(3)4-10;1-2/h5-8H,1-3H3;1-2H3. The lowest BCUT2D eigenvalue weighted by Gasteiger charge is -2.01. The number of hydrogen-bond acceptors (Lipinski definition) is 2. The first kappa shape index (κ1) is 12.7. The Morgan fingerprint density at radius 3 is 2.29 bits per heavy atom. The molecule has 1 heterocycles. The molecule has 0 aliphatic rings. The van der Waals surface area contributed by atoms with Crippen molar-refractivity contribution in [2.45, 2.75) is 46.6 Å². The highest BCUT2D eigenvalue weighted by Gasteiger charge is 2.06. The lowest BCUT2D eigenvalue weighted by molar-refractivity contribution is 0.590. The summed E-state index contributed by atoms with van der Waals surface area (Å²) in [6.07, 6.45) is 3.75. The predicted molar refractivity (Wildman–Crippen MR) is 58.0 cm³/mol. The zero-order valence-electron chi connectivity index (χ0n) is 9.65. The van der Waals surface area contributed by atoms with Gasteiger partial charge in [-0.05, 0) is 18.4 Å². The topological polar surface area (TPSA) is 41.6 Å². The van der Waals surface area contributed by atoms with Crippen LogP contribution in [0.25, 0.3) is 0 Å². The SMILES string of the molecule is CC.CC(C)c1cnn(C(C)C#N)c1. The third-order valence-electron chi connectivity index (χ3n) is 1.87. The van der Waals surface area contributed by atoms with Crippen molar-refractivity contribution in [3.05, 3.63) is 18.0 Å². The molecule has 0 saturated heterocycles. The Balaban J connectivity index is 0.000000791. The summed E-state index contributed by atoms with van der Waals surface area (Å²) in [6.45, 7) is 10.0. The molecule has 1 aromatic heterocycles. The van der Waals surface area contributed by atoms with Gasteiger partial charge in [-0.25, -0.2) is 0 Å². The Morgan fingerprint density at radius 2 is 1.93 bits per heavy atom. The lowest BCUT2D eigenvalue weighted by Crippen LogP contribution is -2.02. The van der Waals surface area contributed by atoms with Crippen molar-refractivity contribution in [1.29, 1.82) is 5.26 Å². The Hall–Kier alpha value is -1.30. The Labute approximate surface area is 86.4 Å². The first-order chi connectivity index (χ1) is 6.65. The minimum atomic E-state index is -0.169. The molecule has 0 aliphatic heterocycles. The monoisotopic (exact) mass is 193 g/mol. The Morgan fingerprint density at radius 1 is 1.36 bits per heavy atom. The smallest absolute Gasteiger partial charge is 0.135 e.